The lowest BCUT2D eigenvalue weighted by Crippen LogP contribution is -2.02. The van der Waals surface area contributed by atoms with Crippen LogP contribution in [-0.2, 0) is 6.54 Å². The Kier molecular flexibility index (Phi) is 3.81. The van der Waals surface area contributed by atoms with Gasteiger partial charge in [0.15, 0.2) is 0 Å². The van der Waals surface area contributed by atoms with E-state index < -0.39 is 0 Å². The zero-order chi connectivity index (χ0) is 13.0. The van der Waals surface area contributed by atoms with Crippen molar-refractivity contribution in [3.05, 3.63) is 58.4 Å². The molecule has 1 aromatic carbocycles. The summed E-state index contributed by atoms with van der Waals surface area (Å²) in [4.78, 5) is 4.39. The number of aromatic nitrogens is 1. The molecule has 0 aliphatic heterocycles. The number of nitriles is 1. The van der Waals surface area contributed by atoms with E-state index in [1.165, 1.54) is 0 Å². The molecule has 0 amide bonds. The molecule has 2 aromatic rings. The van der Waals surface area contributed by atoms with Crippen molar-refractivity contribution in [2.24, 2.45) is 0 Å². The minimum atomic E-state index is 0.543. The fraction of sp³-hybridized carbons (Fsp3) is 0.143. The van der Waals surface area contributed by atoms with Crippen molar-refractivity contribution in [1.82, 2.24) is 4.98 Å². The molecule has 90 valence electrons. The molecule has 4 heteroatoms. The second-order valence-electron chi connectivity index (χ2n) is 3.93. The van der Waals surface area contributed by atoms with E-state index in [-0.39, 0.29) is 0 Å². The normalized spacial score (nSPS) is 9.83. The lowest BCUT2D eigenvalue weighted by Gasteiger charge is -2.08. The minimum Gasteiger partial charge on any atom is -0.378 e. The summed E-state index contributed by atoms with van der Waals surface area (Å²) in [5.74, 6) is 0. The van der Waals surface area contributed by atoms with Crippen LogP contribution < -0.4 is 5.32 Å². The first-order valence-corrected chi connectivity index (χ1v) is 5.93. The van der Waals surface area contributed by atoms with Crippen molar-refractivity contribution < 1.29 is 0 Å². The summed E-state index contributed by atoms with van der Waals surface area (Å²) >= 11 is 6.07. The molecule has 0 fully saturated rings. The third kappa shape index (κ3) is 2.99. The number of benzene rings is 1. The minimum absolute atomic E-state index is 0.543. The van der Waals surface area contributed by atoms with Gasteiger partial charge in [-0.25, -0.2) is 0 Å². The maximum absolute atomic E-state index is 8.75. The van der Waals surface area contributed by atoms with Crippen LogP contribution in [0.1, 0.15) is 17.0 Å². The fourth-order valence-electron chi connectivity index (χ4n) is 1.61. The van der Waals surface area contributed by atoms with Gasteiger partial charge in [0, 0.05) is 5.69 Å². The molecule has 2 rings (SSSR count). The highest BCUT2D eigenvalue weighted by Crippen LogP contribution is 2.23. The van der Waals surface area contributed by atoms with Gasteiger partial charge >= 0.3 is 0 Å². The van der Waals surface area contributed by atoms with Gasteiger partial charge in [-0.1, -0.05) is 17.7 Å². The van der Waals surface area contributed by atoms with Crippen LogP contribution in [0.3, 0.4) is 0 Å². The second-order valence-corrected chi connectivity index (χ2v) is 4.34. The molecule has 0 saturated heterocycles. The molecule has 0 radical (unpaired) electrons. The highest BCUT2D eigenvalue weighted by atomic mass is 35.5. The van der Waals surface area contributed by atoms with Crippen LogP contribution in [-0.4, -0.2) is 4.98 Å². The topological polar surface area (TPSA) is 48.7 Å². The van der Waals surface area contributed by atoms with Gasteiger partial charge in [-0.3, -0.25) is 4.98 Å². The Morgan fingerprint density at radius 3 is 2.83 bits per heavy atom. The first kappa shape index (κ1) is 12.4. The average Bonchev–Trinajstić information content (AvgIpc) is 2.37. The fourth-order valence-corrected chi connectivity index (χ4v) is 1.86. The first-order valence-electron chi connectivity index (χ1n) is 5.55. The molecule has 3 nitrogen and oxygen atoms in total. The van der Waals surface area contributed by atoms with Crippen molar-refractivity contribution in [1.29, 1.82) is 5.26 Å². The Morgan fingerprint density at radius 1 is 1.33 bits per heavy atom. The lowest BCUT2D eigenvalue weighted by atomic mass is 10.2. The van der Waals surface area contributed by atoms with Crippen molar-refractivity contribution in [2.75, 3.05) is 5.32 Å². The summed E-state index contributed by atoms with van der Waals surface area (Å²) in [6.07, 6.45) is 0. The Hall–Kier alpha value is -2.05. The maximum atomic E-state index is 8.75. The monoisotopic (exact) mass is 257 g/mol. The van der Waals surface area contributed by atoms with E-state index in [2.05, 4.69) is 16.4 Å². The molecule has 0 aliphatic rings. The van der Waals surface area contributed by atoms with Crippen LogP contribution in [0.2, 0.25) is 5.02 Å². The summed E-state index contributed by atoms with van der Waals surface area (Å²) < 4.78 is 0. The van der Waals surface area contributed by atoms with Gasteiger partial charge in [0.1, 0.15) is 0 Å². The summed E-state index contributed by atoms with van der Waals surface area (Å²) in [7, 11) is 0. The predicted octanol–water partition coefficient (Wildman–Crippen LogP) is 3.53. The van der Waals surface area contributed by atoms with Gasteiger partial charge in [-0.15, -0.1) is 0 Å². The SMILES string of the molecule is Cc1cccc(CNc2ccc(C#N)cc2Cl)n1. The zero-order valence-corrected chi connectivity index (χ0v) is 10.7. The van der Waals surface area contributed by atoms with E-state index in [0.717, 1.165) is 17.1 Å². The van der Waals surface area contributed by atoms with Crippen LogP contribution in [0.5, 0.6) is 0 Å². The number of halogens is 1. The molecule has 0 atom stereocenters. The van der Waals surface area contributed by atoms with Gasteiger partial charge in [0.2, 0.25) is 0 Å². The van der Waals surface area contributed by atoms with E-state index in [4.69, 9.17) is 16.9 Å². The van der Waals surface area contributed by atoms with Crippen LogP contribution in [0.4, 0.5) is 5.69 Å². The van der Waals surface area contributed by atoms with E-state index in [1.807, 2.05) is 25.1 Å². The van der Waals surface area contributed by atoms with Gasteiger partial charge in [-0.05, 0) is 37.3 Å². The van der Waals surface area contributed by atoms with Crippen molar-refractivity contribution in [3.8, 4) is 6.07 Å². The number of pyridine rings is 1. The quantitative estimate of drug-likeness (QED) is 0.915. The van der Waals surface area contributed by atoms with Crippen molar-refractivity contribution in [2.45, 2.75) is 13.5 Å². The number of hydrogen-bond donors (Lipinski definition) is 1. The third-order valence-electron chi connectivity index (χ3n) is 2.50. The Labute approximate surface area is 111 Å². The first-order chi connectivity index (χ1) is 8.69. The molecule has 1 aromatic heterocycles. The number of hydrogen-bond acceptors (Lipinski definition) is 3. The molecule has 0 aliphatic carbocycles. The highest BCUT2D eigenvalue weighted by molar-refractivity contribution is 6.33. The Balaban J connectivity index is 2.09. The van der Waals surface area contributed by atoms with E-state index in [1.54, 1.807) is 18.2 Å². The van der Waals surface area contributed by atoms with Crippen LogP contribution >= 0.6 is 11.6 Å². The smallest absolute Gasteiger partial charge is 0.0992 e. The van der Waals surface area contributed by atoms with Crippen molar-refractivity contribution >= 4 is 17.3 Å². The van der Waals surface area contributed by atoms with Gasteiger partial charge in [0.05, 0.1) is 34.6 Å². The van der Waals surface area contributed by atoms with Crippen LogP contribution in [0.25, 0.3) is 0 Å². The number of aryl methyl sites for hydroxylation is 1. The molecule has 1 N–H and O–H groups in total. The molecule has 0 bridgehead atoms. The van der Waals surface area contributed by atoms with Gasteiger partial charge < -0.3 is 5.32 Å². The summed E-state index contributed by atoms with van der Waals surface area (Å²) in [6.45, 7) is 2.56. The van der Waals surface area contributed by atoms with E-state index in [0.29, 0.717) is 17.1 Å². The molecular formula is C14H12ClN3. The Morgan fingerprint density at radius 2 is 2.17 bits per heavy atom. The number of rotatable bonds is 3. The highest BCUT2D eigenvalue weighted by Gasteiger charge is 2.02. The summed E-state index contributed by atoms with van der Waals surface area (Å²) in [5.41, 5.74) is 3.30. The molecule has 0 spiro atoms. The number of nitrogens with one attached hydrogen (secondary N) is 1. The number of anilines is 1. The van der Waals surface area contributed by atoms with E-state index >= 15 is 0 Å². The zero-order valence-electron chi connectivity index (χ0n) is 9.94. The maximum Gasteiger partial charge on any atom is 0.0992 e. The third-order valence-corrected chi connectivity index (χ3v) is 2.82. The Bertz CT molecular complexity index is 602. The summed E-state index contributed by atoms with van der Waals surface area (Å²) in [6, 6.07) is 13.1. The lowest BCUT2D eigenvalue weighted by molar-refractivity contribution is 1.02. The molecule has 18 heavy (non-hydrogen) atoms. The van der Waals surface area contributed by atoms with Gasteiger partial charge in [-0.2, -0.15) is 5.26 Å². The van der Waals surface area contributed by atoms with Crippen LogP contribution in [0.15, 0.2) is 36.4 Å². The van der Waals surface area contributed by atoms with Crippen LogP contribution in [0, 0.1) is 18.3 Å². The number of nitrogens with zero attached hydrogens (tertiary/aromatic N) is 2. The predicted molar refractivity (Wildman–Crippen MR) is 72.5 cm³/mol. The second kappa shape index (κ2) is 5.52. The van der Waals surface area contributed by atoms with E-state index in [9.17, 15) is 0 Å². The molecule has 0 unspecified atom stereocenters. The molecular weight excluding hydrogens is 246 g/mol. The molecule has 1 heterocycles. The molecule has 0 saturated carbocycles. The average molecular weight is 258 g/mol. The van der Waals surface area contributed by atoms with Gasteiger partial charge in [0.25, 0.3) is 0 Å². The largest absolute Gasteiger partial charge is 0.378 e. The standard InChI is InChI=1S/C14H12ClN3/c1-10-3-2-4-12(18-10)9-17-14-6-5-11(8-16)7-13(14)15/h2-7,17H,9H2,1H3. The summed E-state index contributed by atoms with van der Waals surface area (Å²) in [5, 5.41) is 12.5. The van der Waals surface area contributed by atoms with Crippen molar-refractivity contribution in [3.63, 3.8) is 0 Å².